The zero-order valence-electron chi connectivity index (χ0n) is 7.04. The number of nitrogens with one attached hydrogen (secondary N) is 3. The third-order valence-electron chi connectivity index (χ3n) is 2.21. The zero-order chi connectivity index (χ0) is 8.39. The summed E-state index contributed by atoms with van der Waals surface area (Å²) in [5.74, 6) is 0. The average Bonchev–Trinajstić information content (AvgIpc) is 2.57. The second kappa shape index (κ2) is 3.20. The molecule has 0 bridgehead atoms. The average molecular weight is 167 g/mol. The van der Waals surface area contributed by atoms with Gasteiger partial charge in [0, 0.05) is 25.3 Å². The fraction of sp³-hybridized carbons (Fsp3) is 0.714. The number of rotatable bonds is 1. The van der Waals surface area contributed by atoms with Crippen LogP contribution in [0.25, 0.3) is 0 Å². The fourth-order valence-electron chi connectivity index (χ4n) is 1.55. The number of aromatic nitrogens is 3. The highest BCUT2D eigenvalue weighted by Gasteiger charge is 2.23. The molecule has 1 aromatic rings. The Labute approximate surface area is 70.9 Å². The first-order valence-electron chi connectivity index (χ1n) is 4.21. The minimum atomic E-state index is 0.289. The van der Waals surface area contributed by atoms with Crippen LogP contribution < -0.4 is 10.6 Å². The predicted molar refractivity (Wildman–Crippen MR) is 44.6 cm³/mol. The van der Waals surface area contributed by atoms with Crippen LogP contribution in [0.4, 0.5) is 0 Å². The van der Waals surface area contributed by atoms with E-state index in [0.717, 1.165) is 18.8 Å². The molecule has 0 radical (unpaired) electrons. The fourth-order valence-corrected chi connectivity index (χ4v) is 1.55. The van der Waals surface area contributed by atoms with Gasteiger partial charge in [0.1, 0.15) is 5.69 Å². The monoisotopic (exact) mass is 167 g/mol. The number of hydrogen-bond donors (Lipinski definition) is 3. The van der Waals surface area contributed by atoms with Crippen molar-refractivity contribution >= 4 is 0 Å². The van der Waals surface area contributed by atoms with Crippen molar-refractivity contribution in [2.45, 2.75) is 19.0 Å². The molecule has 2 atom stereocenters. The summed E-state index contributed by atoms with van der Waals surface area (Å²) in [6, 6.07) is 0.710. The van der Waals surface area contributed by atoms with Crippen LogP contribution in [0.5, 0.6) is 0 Å². The van der Waals surface area contributed by atoms with Crippen molar-refractivity contribution in [2.75, 3.05) is 13.1 Å². The highest BCUT2D eigenvalue weighted by atomic mass is 15.3. The first-order valence-corrected chi connectivity index (χ1v) is 4.21. The molecule has 1 aliphatic rings. The summed E-state index contributed by atoms with van der Waals surface area (Å²) in [5.41, 5.74) is 0.981. The van der Waals surface area contributed by atoms with E-state index >= 15 is 0 Å². The molecule has 1 aliphatic heterocycles. The first-order chi connectivity index (χ1) is 5.88. The Kier molecular flexibility index (Phi) is 2.05. The quantitative estimate of drug-likeness (QED) is 0.524. The van der Waals surface area contributed by atoms with Gasteiger partial charge in [-0.15, -0.1) is 5.10 Å². The van der Waals surface area contributed by atoms with E-state index in [1.165, 1.54) is 0 Å². The maximum atomic E-state index is 3.98. The zero-order valence-corrected chi connectivity index (χ0v) is 7.04. The molecule has 2 unspecified atom stereocenters. The van der Waals surface area contributed by atoms with Crippen LogP contribution in [0, 0.1) is 0 Å². The van der Waals surface area contributed by atoms with Crippen molar-refractivity contribution in [3.05, 3.63) is 11.9 Å². The largest absolute Gasteiger partial charge is 0.311 e. The number of H-pyrrole nitrogens is 1. The SMILES string of the molecule is CC1NCCNC1c1c[nH]nn1. The highest BCUT2D eigenvalue weighted by molar-refractivity contribution is 5.04. The summed E-state index contributed by atoms with van der Waals surface area (Å²) in [7, 11) is 0. The molecule has 1 fully saturated rings. The van der Waals surface area contributed by atoms with Crippen LogP contribution in [0.2, 0.25) is 0 Å². The van der Waals surface area contributed by atoms with E-state index in [0.29, 0.717) is 6.04 Å². The predicted octanol–water partition coefficient (Wildman–Crippen LogP) is -0.573. The van der Waals surface area contributed by atoms with E-state index in [-0.39, 0.29) is 6.04 Å². The van der Waals surface area contributed by atoms with Crippen LogP contribution in [0.15, 0.2) is 6.20 Å². The number of aromatic amines is 1. The molecular formula is C7H13N5. The summed E-state index contributed by atoms with van der Waals surface area (Å²) in [5, 5.41) is 17.2. The minimum Gasteiger partial charge on any atom is -0.311 e. The molecule has 5 heteroatoms. The summed E-state index contributed by atoms with van der Waals surface area (Å²) < 4.78 is 0. The second-order valence-electron chi connectivity index (χ2n) is 3.07. The van der Waals surface area contributed by atoms with Gasteiger partial charge in [-0.25, -0.2) is 0 Å². The molecule has 2 rings (SSSR count). The molecule has 66 valence electrons. The molecule has 1 aromatic heterocycles. The van der Waals surface area contributed by atoms with Crippen LogP contribution in [0.3, 0.4) is 0 Å². The molecule has 0 aliphatic carbocycles. The van der Waals surface area contributed by atoms with Crippen LogP contribution >= 0.6 is 0 Å². The Hall–Kier alpha value is -0.940. The van der Waals surface area contributed by atoms with E-state index in [2.05, 4.69) is 33.0 Å². The van der Waals surface area contributed by atoms with Crippen LogP contribution in [-0.2, 0) is 0 Å². The maximum absolute atomic E-state index is 3.98. The summed E-state index contributed by atoms with van der Waals surface area (Å²) in [4.78, 5) is 0. The smallest absolute Gasteiger partial charge is 0.101 e. The summed E-state index contributed by atoms with van der Waals surface area (Å²) in [6.45, 7) is 4.16. The molecule has 5 nitrogen and oxygen atoms in total. The lowest BCUT2D eigenvalue weighted by Crippen LogP contribution is -2.49. The van der Waals surface area contributed by atoms with E-state index in [1.54, 1.807) is 0 Å². The third-order valence-corrected chi connectivity index (χ3v) is 2.21. The van der Waals surface area contributed by atoms with Gasteiger partial charge >= 0.3 is 0 Å². The number of hydrogen-bond acceptors (Lipinski definition) is 4. The van der Waals surface area contributed by atoms with E-state index < -0.39 is 0 Å². The Bertz CT molecular complexity index is 232. The summed E-state index contributed by atoms with van der Waals surface area (Å²) >= 11 is 0. The Morgan fingerprint density at radius 1 is 1.42 bits per heavy atom. The second-order valence-corrected chi connectivity index (χ2v) is 3.07. The van der Waals surface area contributed by atoms with Gasteiger partial charge < -0.3 is 10.6 Å². The minimum absolute atomic E-state index is 0.289. The molecule has 0 saturated carbocycles. The normalized spacial score (nSPS) is 30.4. The lowest BCUT2D eigenvalue weighted by atomic mass is 10.1. The Morgan fingerprint density at radius 2 is 2.25 bits per heavy atom. The molecular weight excluding hydrogens is 154 g/mol. The highest BCUT2D eigenvalue weighted by Crippen LogP contribution is 2.14. The third kappa shape index (κ3) is 1.33. The lowest BCUT2D eigenvalue weighted by Gasteiger charge is -2.29. The van der Waals surface area contributed by atoms with E-state index in [4.69, 9.17) is 0 Å². The molecule has 0 amide bonds. The molecule has 3 N–H and O–H groups in total. The van der Waals surface area contributed by atoms with Crippen molar-refractivity contribution in [2.24, 2.45) is 0 Å². The topological polar surface area (TPSA) is 65.6 Å². The Morgan fingerprint density at radius 3 is 2.92 bits per heavy atom. The molecule has 0 aromatic carbocycles. The maximum Gasteiger partial charge on any atom is 0.101 e. The Balaban J connectivity index is 2.11. The van der Waals surface area contributed by atoms with E-state index in [1.807, 2.05) is 6.20 Å². The van der Waals surface area contributed by atoms with Crippen molar-refractivity contribution in [3.8, 4) is 0 Å². The van der Waals surface area contributed by atoms with Gasteiger partial charge in [-0.1, -0.05) is 5.21 Å². The van der Waals surface area contributed by atoms with Gasteiger partial charge in [0.15, 0.2) is 0 Å². The lowest BCUT2D eigenvalue weighted by molar-refractivity contribution is 0.340. The number of piperazine rings is 1. The van der Waals surface area contributed by atoms with Crippen molar-refractivity contribution in [3.63, 3.8) is 0 Å². The first kappa shape index (κ1) is 7.70. The van der Waals surface area contributed by atoms with Gasteiger partial charge in [-0.3, -0.25) is 5.10 Å². The van der Waals surface area contributed by atoms with Gasteiger partial charge in [-0.2, -0.15) is 0 Å². The summed E-state index contributed by atoms with van der Waals surface area (Å²) in [6.07, 6.45) is 1.83. The number of nitrogens with zero attached hydrogens (tertiary/aromatic N) is 2. The standard InChI is InChI=1S/C7H13N5/c1-5-7(9-3-2-8-5)6-4-10-12-11-6/h4-5,7-9H,2-3H2,1H3,(H,10,11,12). The molecule has 12 heavy (non-hydrogen) atoms. The van der Waals surface area contributed by atoms with Crippen LogP contribution in [-0.4, -0.2) is 34.5 Å². The van der Waals surface area contributed by atoms with Gasteiger partial charge in [0.2, 0.25) is 0 Å². The van der Waals surface area contributed by atoms with Crippen LogP contribution in [0.1, 0.15) is 18.7 Å². The van der Waals surface area contributed by atoms with Crippen molar-refractivity contribution in [1.29, 1.82) is 0 Å². The van der Waals surface area contributed by atoms with Crippen molar-refractivity contribution in [1.82, 2.24) is 26.0 Å². The van der Waals surface area contributed by atoms with Gasteiger partial charge in [-0.05, 0) is 6.92 Å². The molecule has 0 spiro atoms. The van der Waals surface area contributed by atoms with Gasteiger partial charge in [0.05, 0.1) is 6.04 Å². The van der Waals surface area contributed by atoms with E-state index in [9.17, 15) is 0 Å². The molecule has 2 heterocycles. The molecule has 1 saturated heterocycles. The van der Waals surface area contributed by atoms with Crippen molar-refractivity contribution < 1.29 is 0 Å². The van der Waals surface area contributed by atoms with Gasteiger partial charge in [0.25, 0.3) is 0 Å².